The first-order valence-corrected chi connectivity index (χ1v) is 9.41. The van der Waals surface area contributed by atoms with Gasteiger partial charge in [-0.25, -0.2) is 0 Å². The number of nitrogens with zero attached hydrogens (tertiary/aromatic N) is 1. The quantitative estimate of drug-likeness (QED) is 0.703. The van der Waals surface area contributed by atoms with Crippen LogP contribution in [0.1, 0.15) is 42.9 Å². The van der Waals surface area contributed by atoms with Crippen molar-refractivity contribution >= 4 is 0 Å². The summed E-state index contributed by atoms with van der Waals surface area (Å²) in [5.74, 6) is 0. The van der Waals surface area contributed by atoms with Crippen LogP contribution in [0.5, 0.6) is 0 Å². The van der Waals surface area contributed by atoms with Crippen LogP contribution in [0, 0.1) is 0 Å². The first kappa shape index (κ1) is 17.9. The zero-order valence-electron chi connectivity index (χ0n) is 14.9. The first-order valence-electron chi connectivity index (χ1n) is 9.41. The molecule has 3 rings (SSSR count). The van der Waals surface area contributed by atoms with E-state index in [0.29, 0.717) is 12.1 Å². The highest BCUT2D eigenvalue weighted by Crippen LogP contribution is 2.37. The minimum Gasteiger partial charge on any atom is -0.394 e. The van der Waals surface area contributed by atoms with Crippen LogP contribution in [0.3, 0.4) is 0 Å². The molecule has 1 heterocycles. The molecule has 1 aliphatic rings. The number of aryl methyl sites for hydroxylation is 1. The van der Waals surface area contributed by atoms with E-state index in [1.807, 2.05) is 12.1 Å². The highest BCUT2D eigenvalue weighted by atomic mass is 16.3. The third-order valence-electron chi connectivity index (χ3n) is 5.44. The van der Waals surface area contributed by atoms with Gasteiger partial charge in [-0.15, -0.1) is 6.58 Å². The van der Waals surface area contributed by atoms with Crippen LogP contribution in [0.4, 0.5) is 0 Å². The monoisotopic (exact) mass is 335 g/mol. The van der Waals surface area contributed by atoms with Gasteiger partial charge in [0.05, 0.1) is 12.6 Å². The van der Waals surface area contributed by atoms with Crippen molar-refractivity contribution in [2.24, 2.45) is 0 Å². The largest absolute Gasteiger partial charge is 0.394 e. The van der Waals surface area contributed by atoms with Gasteiger partial charge >= 0.3 is 0 Å². The van der Waals surface area contributed by atoms with Crippen molar-refractivity contribution in [3.8, 4) is 0 Å². The zero-order valence-corrected chi connectivity index (χ0v) is 14.9. The van der Waals surface area contributed by atoms with Gasteiger partial charge in [-0.05, 0) is 43.2 Å². The lowest BCUT2D eigenvalue weighted by molar-refractivity contribution is 0.0746. The van der Waals surface area contributed by atoms with Gasteiger partial charge in [0.15, 0.2) is 0 Å². The Kier molecular flexibility index (Phi) is 6.43. The van der Waals surface area contributed by atoms with Crippen molar-refractivity contribution in [2.45, 2.75) is 50.2 Å². The average Bonchev–Trinajstić information content (AvgIpc) is 3.05. The van der Waals surface area contributed by atoms with Crippen LogP contribution in [-0.2, 0) is 6.42 Å². The molecule has 132 valence electrons. The Bertz CT molecular complexity index is 640. The highest BCUT2D eigenvalue weighted by molar-refractivity contribution is 5.21. The fourth-order valence-electron chi connectivity index (χ4n) is 4.24. The molecule has 1 aliphatic heterocycles. The molecule has 1 N–H and O–H groups in total. The molecule has 2 aromatic rings. The molecule has 0 amide bonds. The molecular weight excluding hydrogens is 306 g/mol. The van der Waals surface area contributed by atoms with E-state index >= 15 is 0 Å². The second-order valence-corrected chi connectivity index (χ2v) is 6.99. The normalized spacial score (nSPS) is 22.0. The fraction of sp³-hybridized carbons (Fsp3) is 0.391. The van der Waals surface area contributed by atoms with Crippen LogP contribution in [0.2, 0.25) is 0 Å². The van der Waals surface area contributed by atoms with Gasteiger partial charge in [0.2, 0.25) is 0 Å². The smallest absolute Gasteiger partial charge is 0.0628 e. The summed E-state index contributed by atoms with van der Waals surface area (Å²) < 4.78 is 0. The van der Waals surface area contributed by atoms with Gasteiger partial charge in [-0.3, -0.25) is 4.90 Å². The van der Waals surface area contributed by atoms with Crippen molar-refractivity contribution in [3.05, 3.63) is 84.4 Å². The second-order valence-electron chi connectivity index (χ2n) is 6.99. The van der Waals surface area contributed by atoms with E-state index in [1.54, 1.807) is 0 Å². The van der Waals surface area contributed by atoms with Gasteiger partial charge in [-0.2, -0.15) is 0 Å². The van der Waals surface area contributed by atoms with Crippen LogP contribution < -0.4 is 0 Å². The van der Waals surface area contributed by atoms with Crippen LogP contribution in [-0.4, -0.2) is 28.7 Å². The molecular formula is C23H29NO. The second kappa shape index (κ2) is 8.98. The molecule has 0 aliphatic carbocycles. The van der Waals surface area contributed by atoms with Gasteiger partial charge in [0.25, 0.3) is 0 Å². The van der Waals surface area contributed by atoms with Gasteiger partial charge < -0.3 is 5.11 Å². The van der Waals surface area contributed by atoms with Gasteiger partial charge in [0.1, 0.15) is 0 Å². The molecule has 0 radical (unpaired) electrons. The Labute approximate surface area is 151 Å². The van der Waals surface area contributed by atoms with Gasteiger partial charge in [0, 0.05) is 12.1 Å². The molecule has 1 fully saturated rings. The van der Waals surface area contributed by atoms with E-state index in [1.165, 1.54) is 24.0 Å². The number of hydrogen-bond donors (Lipinski definition) is 1. The predicted molar refractivity (Wildman–Crippen MR) is 104 cm³/mol. The summed E-state index contributed by atoms with van der Waals surface area (Å²) in [4.78, 5) is 2.57. The molecule has 2 nitrogen and oxygen atoms in total. The van der Waals surface area contributed by atoms with E-state index in [4.69, 9.17) is 0 Å². The Morgan fingerprint density at radius 1 is 1.00 bits per heavy atom. The van der Waals surface area contributed by atoms with Crippen molar-refractivity contribution in [3.63, 3.8) is 0 Å². The molecule has 0 unspecified atom stereocenters. The summed E-state index contributed by atoms with van der Waals surface area (Å²) in [7, 11) is 0. The Morgan fingerprint density at radius 3 is 2.28 bits per heavy atom. The molecule has 25 heavy (non-hydrogen) atoms. The van der Waals surface area contributed by atoms with E-state index in [-0.39, 0.29) is 12.6 Å². The maximum atomic E-state index is 10.2. The molecule has 3 atom stereocenters. The molecule has 2 aromatic carbocycles. The number of hydrogen-bond acceptors (Lipinski definition) is 2. The Hall–Kier alpha value is -1.90. The molecule has 0 spiro atoms. The predicted octanol–water partition coefficient (Wildman–Crippen LogP) is 4.76. The van der Waals surface area contributed by atoms with E-state index in [9.17, 15) is 5.11 Å². The maximum Gasteiger partial charge on any atom is 0.0628 e. The van der Waals surface area contributed by atoms with Crippen LogP contribution in [0.15, 0.2) is 73.3 Å². The average molecular weight is 335 g/mol. The Morgan fingerprint density at radius 2 is 1.64 bits per heavy atom. The molecule has 0 aromatic heterocycles. The summed E-state index contributed by atoms with van der Waals surface area (Å²) in [5, 5.41) is 10.2. The molecule has 0 saturated carbocycles. The summed E-state index contributed by atoms with van der Waals surface area (Å²) in [5.41, 5.74) is 2.61. The summed E-state index contributed by atoms with van der Waals surface area (Å²) >= 11 is 0. The number of rotatable bonds is 8. The summed E-state index contributed by atoms with van der Waals surface area (Å²) in [6.07, 6.45) is 7.64. The standard InChI is InChI=1S/C23H29NO/c1-2-9-21-16-17-22(15-14-19-10-5-3-6-11-19)24(21)23(18-25)20-12-7-4-8-13-20/h2-8,10-13,21-23,25H,1,9,14-18H2/t21-,22-,23-/m1/s1. The topological polar surface area (TPSA) is 23.5 Å². The minimum absolute atomic E-state index is 0.0782. The van der Waals surface area contributed by atoms with Gasteiger partial charge in [-0.1, -0.05) is 66.7 Å². The van der Waals surface area contributed by atoms with Crippen molar-refractivity contribution < 1.29 is 5.11 Å². The lowest BCUT2D eigenvalue weighted by Crippen LogP contribution is -2.41. The van der Waals surface area contributed by atoms with E-state index in [2.05, 4.69) is 66.1 Å². The summed E-state index contributed by atoms with van der Waals surface area (Å²) in [6.45, 7) is 4.11. The number of aliphatic hydroxyl groups excluding tert-OH is 1. The minimum atomic E-state index is 0.0782. The van der Waals surface area contributed by atoms with E-state index in [0.717, 1.165) is 19.3 Å². The van der Waals surface area contributed by atoms with Crippen molar-refractivity contribution in [2.75, 3.05) is 6.61 Å². The highest BCUT2D eigenvalue weighted by Gasteiger charge is 2.37. The summed E-state index contributed by atoms with van der Waals surface area (Å²) in [6, 6.07) is 22.2. The number of benzene rings is 2. The fourth-order valence-corrected chi connectivity index (χ4v) is 4.24. The van der Waals surface area contributed by atoms with Crippen molar-refractivity contribution in [1.82, 2.24) is 4.90 Å². The number of aliphatic hydroxyl groups is 1. The maximum absolute atomic E-state index is 10.2. The third-order valence-corrected chi connectivity index (χ3v) is 5.44. The number of likely N-dealkylation sites (tertiary alicyclic amines) is 1. The SMILES string of the molecule is C=CC[C@@H]1CC[C@@H](CCc2ccccc2)N1[C@H](CO)c1ccccc1. The third kappa shape index (κ3) is 4.39. The Balaban J connectivity index is 1.77. The van der Waals surface area contributed by atoms with Crippen LogP contribution in [0.25, 0.3) is 0 Å². The molecule has 1 saturated heterocycles. The molecule has 0 bridgehead atoms. The lowest BCUT2D eigenvalue weighted by Gasteiger charge is -2.37. The van der Waals surface area contributed by atoms with Crippen molar-refractivity contribution in [1.29, 1.82) is 0 Å². The lowest BCUT2D eigenvalue weighted by atomic mass is 10.00. The molecule has 2 heteroatoms. The first-order chi connectivity index (χ1) is 12.3. The van der Waals surface area contributed by atoms with Crippen LogP contribution >= 0.6 is 0 Å². The van der Waals surface area contributed by atoms with E-state index < -0.39 is 0 Å². The zero-order chi connectivity index (χ0) is 17.5.